The fraction of sp³-hybridized carbons (Fsp3) is 0.0417. The molecule has 0 saturated heterocycles. The van der Waals surface area contributed by atoms with Gasteiger partial charge in [-0.1, -0.05) is 42.5 Å². The molecule has 1 aliphatic rings. The second kappa shape index (κ2) is 6.13. The molecule has 0 unspecified atom stereocenters. The number of fused-ring (bicyclic) bond motifs is 2. The van der Waals surface area contributed by atoms with E-state index in [9.17, 15) is 9.90 Å². The van der Waals surface area contributed by atoms with Crippen molar-refractivity contribution in [3.63, 3.8) is 0 Å². The number of ether oxygens (including phenoxy) is 1. The Bertz CT molecular complexity index is 1270. The molecule has 4 nitrogen and oxygen atoms in total. The van der Waals surface area contributed by atoms with E-state index in [2.05, 4.69) is 24.3 Å². The number of rotatable bonds is 2. The van der Waals surface area contributed by atoms with Crippen LogP contribution in [0.4, 0.5) is 0 Å². The molecule has 0 amide bonds. The number of phenols is 1. The number of hydrogen-bond donors (Lipinski definition) is 1. The van der Waals surface area contributed by atoms with Crippen molar-refractivity contribution in [2.75, 3.05) is 0 Å². The summed E-state index contributed by atoms with van der Waals surface area (Å²) in [6.07, 6.45) is 3.79. The highest BCUT2D eigenvalue weighted by Gasteiger charge is 2.28. The quantitative estimate of drug-likeness (QED) is 0.498. The van der Waals surface area contributed by atoms with Crippen LogP contribution >= 0.6 is 0 Å². The van der Waals surface area contributed by atoms with E-state index < -0.39 is 0 Å². The maximum Gasteiger partial charge on any atom is 0.231 e. The van der Waals surface area contributed by atoms with Crippen molar-refractivity contribution in [1.29, 1.82) is 0 Å². The molecule has 2 heterocycles. The lowest BCUT2D eigenvalue weighted by molar-refractivity contribution is 0.101. The van der Waals surface area contributed by atoms with Crippen molar-refractivity contribution in [2.24, 2.45) is 7.05 Å². The SMILES string of the molecule is Cn1cc(C=C2Oc3cc(O)ccc3C2=O)c2c(-c3ccccc3)cccc21. The predicted octanol–water partition coefficient (Wildman–Crippen LogP) is 5.17. The first-order valence-corrected chi connectivity index (χ1v) is 9.02. The van der Waals surface area contributed by atoms with Gasteiger partial charge in [0.15, 0.2) is 5.76 Å². The van der Waals surface area contributed by atoms with Gasteiger partial charge < -0.3 is 14.4 Å². The lowest BCUT2D eigenvalue weighted by atomic mass is 9.98. The van der Waals surface area contributed by atoms with Crippen molar-refractivity contribution >= 4 is 22.8 Å². The monoisotopic (exact) mass is 367 g/mol. The van der Waals surface area contributed by atoms with Gasteiger partial charge in [-0.05, 0) is 35.4 Å². The molecular weight excluding hydrogens is 350 g/mol. The van der Waals surface area contributed by atoms with E-state index in [-0.39, 0.29) is 17.3 Å². The molecule has 0 bridgehead atoms. The van der Waals surface area contributed by atoms with Crippen molar-refractivity contribution in [3.05, 3.63) is 89.8 Å². The van der Waals surface area contributed by atoms with Crippen LogP contribution in [0.1, 0.15) is 15.9 Å². The Morgan fingerprint density at radius 3 is 2.61 bits per heavy atom. The third-order valence-electron chi connectivity index (χ3n) is 5.07. The Morgan fingerprint density at radius 2 is 1.79 bits per heavy atom. The van der Waals surface area contributed by atoms with Gasteiger partial charge in [-0.2, -0.15) is 0 Å². The number of nitrogens with zero attached hydrogens (tertiary/aromatic N) is 1. The highest BCUT2D eigenvalue weighted by atomic mass is 16.5. The summed E-state index contributed by atoms with van der Waals surface area (Å²) in [6.45, 7) is 0. The lowest BCUT2D eigenvalue weighted by Gasteiger charge is -2.06. The van der Waals surface area contributed by atoms with E-state index in [1.165, 1.54) is 12.1 Å². The Hall–Kier alpha value is -3.79. The fourth-order valence-electron chi connectivity index (χ4n) is 3.76. The first-order valence-electron chi connectivity index (χ1n) is 9.02. The number of aromatic hydroxyl groups is 1. The van der Waals surface area contributed by atoms with E-state index in [1.807, 2.05) is 42.1 Å². The highest BCUT2D eigenvalue weighted by molar-refractivity contribution is 6.15. The standard InChI is InChI=1S/C24H17NO3/c1-25-14-16(12-22-24(27)19-11-10-17(26)13-21(19)28-22)23-18(8-5-9-20(23)25)15-6-3-2-4-7-15/h2-14,26H,1H3. The number of allylic oxidation sites excluding steroid dienone is 1. The fourth-order valence-corrected chi connectivity index (χ4v) is 3.76. The summed E-state index contributed by atoms with van der Waals surface area (Å²) < 4.78 is 7.80. The van der Waals surface area contributed by atoms with Crippen LogP contribution in [0.3, 0.4) is 0 Å². The largest absolute Gasteiger partial charge is 0.508 e. The Labute approximate surface area is 161 Å². The van der Waals surface area contributed by atoms with Gasteiger partial charge in [0.2, 0.25) is 5.78 Å². The van der Waals surface area contributed by atoms with Crippen LogP contribution in [-0.4, -0.2) is 15.5 Å². The number of ketones is 1. The van der Waals surface area contributed by atoms with Gasteiger partial charge in [0, 0.05) is 35.8 Å². The van der Waals surface area contributed by atoms with Crippen LogP contribution in [0.25, 0.3) is 28.1 Å². The van der Waals surface area contributed by atoms with Crippen LogP contribution in [-0.2, 0) is 7.05 Å². The molecule has 0 saturated carbocycles. The third kappa shape index (κ3) is 2.50. The summed E-state index contributed by atoms with van der Waals surface area (Å²) in [5.74, 6) is 0.546. The van der Waals surface area contributed by atoms with Gasteiger partial charge in [-0.3, -0.25) is 4.79 Å². The molecule has 1 aromatic heterocycles. The summed E-state index contributed by atoms with van der Waals surface area (Å²) in [7, 11) is 1.99. The van der Waals surface area contributed by atoms with Crippen molar-refractivity contribution in [1.82, 2.24) is 4.57 Å². The second-order valence-corrected chi connectivity index (χ2v) is 6.88. The molecule has 0 radical (unpaired) electrons. The maximum atomic E-state index is 12.7. The zero-order valence-electron chi connectivity index (χ0n) is 15.2. The number of aryl methyl sites for hydroxylation is 1. The zero-order chi connectivity index (χ0) is 19.3. The number of phenolic OH excluding ortho intramolecular Hbond substituents is 1. The van der Waals surface area contributed by atoms with E-state index >= 15 is 0 Å². The van der Waals surface area contributed by atoms with Crippen LogP contribution in [0.5, 0.6) is 11.5 Å². The third-order valence-corrected chi connectivity index (χ3v) is 5.07. The van der Waals surface area contributed by atoms with Gasteiger partial charge in [-0.25, -0.2) is 0 Å². The summed E-state index contributed by atoms with van der Waals surface area (Å²) in [5.41, 5.74) is 4.68. The van der Waals surface area contributed by atoms with Crippen LogP contribution in [0.2, 0.25) is 0 Å². The Balaban J connectivity index is 1.69. The smallest absolute Gasteiger partial charge is 0.231 e. The molecule has 1 N–H and O–H groups in total. The number of carbonyl (C=O) groups is 1. The molecule has 0 fully saturated rings. The minimum atomic E-state index is -0.177. The molecule has 136 valence electrons. The zero-order valence-corrected chi connectivity index (χ0v) is 15.2. The number of carbonyl (C=O) groups excluding carboxylic acids is 1. The van der Waals surface area contributed by atoms with Gasteiger partial charge in [0.05, 0.1) is 5.56 Å². The van der Waals surface area contributed by atoms with E-state index in [1.54, 1.807) is 12.1 Å². The average Bonchev–Trinajstić information content (AvgIpc) is 3.19. The van der Waals surface area contributed by atoms with Gasteiger partial charge in [-0.15, -0.1) is 0 Å². The highest BCUT2D eigenvalue weighted by Crippen LogP contribution is 2.37. The van der Waals surface area contributed by atoms with Crippen LogP contribution < -0.4 is 4.74 Å². The minimum Gasteiger partial charge on any atom is -0.508 e. The van der Waals surface area contributed by atoms with E-state index in [4.69, 9.17) is 4.74 Å². The summed E-state index contributed by atoms with van der Waals surface area (Å²) in [5, 5.41) is 10.7. The van der Waals surface area contributed by atoms with E-state index in [0.717, 1.165) is 27.6 Å². The number of hydrogen-bond acceptors (Lipinski definition) is 3. The van der Waals surface area contributed by atoms with Crippen LogP contribution in [0, 0.1) is 0 Å². The Kier molecular flexibility index (Phi) is 3.59. The molecule has 0 spiro atoms. The van der Waals surface area contributed by atoms with Crippen molar-refractivity contribution < 1.29 is 14.6 Å². The number of Topliss-reactive ketones (excluding diaryl/α,β-unsaturated/α-hetero) is 1. The molecule has 0 aliphatic carbocycles. The molecule has 5 rings (SSSR count). The van der Waals surface area contributed by atoms with Crippen LogP contribution in [0.15, 0.2) is 78.7 Å². The molecule has 4 aromatic rings. The summed E-state index contributed by atoms with van der Waals surface area (Å²) in [6, 6.07) is 20.9. The van der Waals surface area contributed by atoms with Crippen molar-refractivity contribution in [2.45, 2.75) is 0 Å². The van der Waals surface area contributed by atoms with Gasteiger partial charge >= 0.3 is 0 Å². The first-order chi connectivity index (χ1) is 13.6. The summed E-state index contributed by atoms with van der Waals surface area (Å²) in [4.78, 5) is 12.7. The summed E-state index contributed by atoms with van der Waals surface area (Å²) >= 11 is 0. The maximum absolute atomic E-state index is 12.7. The number of aromatic nitrogens is 1. The molecule has 4 heteroatoms. The van der Waals surface area contributed by atoms with Gasteiger partial charge in [0.25, 0.3) is 0 Å². The molecule has 28 heavy (non-hydrogen) atoms. The second-order valence-electron chi connectivity index (χ2n) is 6.88. The first kappa shape index (κ1) is 16.4. The molecule has 3 aromatic carbocycles. The molecule has 0 atom stereocenters. The Morgan fingerprint density at radius 1 is 0.964 bits per heavy atom. The van der Waals surface area contributed by atoms with Gasteiger partial charge in [0.1, 0.15) is 11.5 Å². The molecule has 1 aliphatic heterocycles. The molecular formula is C24H17NO3. The minimum absolute atomic E-state index is 0.0734. The number of benzene rings is 3. The van der Waals surface area contributed by atoms with E-state index in [0.29, 0.717) is 11.3 Å². The topological polar surface area (TPSA) is 51.5 Å². The van der Waals surface area contributed by atoms with Crippen molar-refractivity contribution in [3.8, 4) is 22.6 Å². The average molecular weight is 367 g/mol. The lowest BCUT2D eigenvalue weighted by Crippen LogP contribution is -1.97. The predicted molar refractivity (Wildman–Crippen MR) is 109 cm³/mol. The normalized spacial score (nSPS) is 14.5.